The summed E-state index contributed by atoms with van der Waals surface area (Å²) in [5.74, 6) is 0.804. The van der Waals surface area contributed by atoms with Gasteiger partial charge in [0, 0.05) is 16.7 Å². The molecular weight excluding hydrogens is 369 g/mol. The second-order valence-corrected chi connectivity index (χ2v) is 5.40. The van der Waals surface area contributed by atoms with Gasteiger partial charge < -0.3 is 14.8 Å². The highest BCUT2D eigenvalue weighted by molar-refractivity contribution is 14.1. The molecule has 0 fully saturated rings. The maximum Gasteiger partial charge on any atom is 0.226 e. The smallest absolute Gasteiger partial charge is 0.226 e. The van der Waals surface area contributed by atoms with E-state index < -0.39 is 0 Å². The summed E-state index contributed by atoms with van der Waals surface area (Å²) in [6.45, 7) is 3.95. The molecule has 0 bridgehead atoms. The zero-order valence-electron chi connectivity index (χ0n) is 11.9. The molecule has 1 aromatic carbocycles. The van der Waals surface area contributed by atoms with Crippen molar-refractivity contribution in [3.63, 3.8) is 0 Å². The third-order valence-corrected chi connectivity index (χ3v) is 3.27. The Labute approximate surface area is 134 Å². The lowest BCUT2D eigenvalue weighted by molar-refractivity contribution is -0.117. The molecule has 20 heavy (non-hydrogen) atoms. The van der Waals surface area contributed by atoms with E-state index in [4.69, 9.17) is 9.47 Å². The van der Waals surface area contributed by atoms with Crippen LogP contribution in [0.25, 0.3) is 0 Å². The standard InChI is InChI=1S/C15H22INO3/c1-2-10-19-12-8-15(18)17-13-4-6-14(7-5-13)20-11-3-9-16/h4-7H,2-3,8-12H2,1H3,(H,17,18). The van der Waals surface area contributed by atoms with Crippen LogP contribution in [0.5, 0.6) is 5.75 Å². The van der Waals surface area contributed by atoms with E-state index in [1.807, 2.05) is 31.2 Å². The van der Waals surface area contributed by atoms with E-state index in [1.165, 1.54) is 0 Å². The van der Waals surface area contributed by atoms with Crippen LogP contribution in [0.4, 0.5) is 5.69 Å². The van der Waals surface area contributed by atoms with Crippen molar-refractivity contribution in [3.05, 3.63) is 24.3 Å². The highest BCUT2D eigenvalue weighted by Gasteiger charge is 2.02. The number of carbonyl (C=O) groups is 1. The number of anilines is 1. The average Bonchev–Trinajstić information content (AvgIpc) is 2.46. The highest BCUT2D eigenvalue weighted by atomic mass is 127. The molecule has 0 radical (unpaired) electrons. The van der Waals surface area contributed by atoms with Crippen molar-refractivity contribution in [2.24, 2.45) is 0 Å². The number of halogens is 1. The lowest BCUT2D eigenvalue weighted by Crippen LogP contribution is -2.14. The van der Waals surface area contributed by atoms with Crippen molar-refractivity contribution in [1.82, 2.24) is 0 Å². The summed E-state index contributed by atoms with van der Waals surface area (Å²) < 4.78 is 11.9. The van der Waals surface area contributed by atoms with Gasteiger partial charge in [0.1, 0.15) is 5.75 Å². The van der Waals surface area contributed by atoms with Crippen LogP contribution in [0.15, 0.2) is 24.3 Å². The van der Waals surface area contributed by atoms with Crippen LogP contribution in [-0.4, -0.2) is 30.2 Å². The largest absolute Gasteiger partial charge is 0.494 e. The Morgan fingerprint density at radius 1 is 1.20 bits per heavy atom. The quantitative estimate of drug-likeness (QED) is 0.376. The third-order valence-electron chi connectivity index (χ3n) is 2.51. The fourth-order valence-electron chi connectivity index (χ4n) is 1.51. The van der Waals surface area contributed by atoms with Crippen LogP contribution >= 0.6 is 22.6 Å². The Bertz CT molecular complexity index is 381. The van der Waals surface area contributed by atoms with Gasteiger partial charge in [-0.05, 0) is 37.1 Å². The third kappa shape index (κ3) is 7.69. The van der Waals surface area contributed by atoms with Crippen molar-refractivity contribution in [3.8, 4) is 5.75 Å². The van der Waals surface area contributed by atoms with Crippen LogP contribution in [0.3, 0.4) is 0 Å². The number of benzene rings is 1. The van der Waals surface area contributed by atoms with Gasteiger partial charge in [0.05, 0.1) is 19.6 Å². The maximum atomic E-state index is 11.6. The van der Waals surface area contributed by atoms with Gasteiger partial charge in [0.15, 0.2) is 0 Å². The van der Waals surface area contributed by atoms with Crippen molar-refractivity contribution in [2.45, 2.75) is 26.2 Å². The number of hydrogen-bond donors (Lipinski definition) is 1. The van der Waals surface area contributed by atoms with Crippen LogP contribution < -0.4 is 10.1 Å². The lowest BCUT2D eigenvalue weighted by Gasteiger charge is -2.08. The second kappa shape index (κ2) is 10.9. The summed E-state index contributed by atoms with van der Waals surface area (Å²) in [7, 11) is 0. The van der Waals surface area contributed by atoms with Crippen LogP contribution in [-0.2, 0) is 9.53 Å². The molecule has 112 valence electrons. The fraction of sp³-hybridized carbons (Fsp3) is 0.533. The number of nitrogens with one attached hydrogen (secondary N) is 1. The van der Waals surface area contributed by atoms with E-state index in [1.54, 1.807) is 0 Å². The summed E-state index contributed by atoms with van der Waals surface area (Å²) >= 11 is 2.33. The Morgan fingerprint density at radius 3 is 2.60 bits per heavy atom. The molecular formula is C15H22INO3. The first-order valence-electron chi connectivity index (χ1n) is 6.92. The topological polar surface area (TPSA) is 47.6 Å². The number of ether oxygens (including phenoxy) is 2. The highest BCUT2D eigenvalue weighted by Crippen LogP contribution is 2.16. The van der Waals surface area contributed by atoms with Gasteiger partial charge in [-0.1, -0.05) is 29.5 Å². The predicted octanol–water partition coefficient (Wildman–Crippen LogP) is 3.65. The maximum absolute atomic E-state index is 11.6. The van der Waals surface area contributed by atoms with Crippen LogP contribution in [0.1, 0.15) is 26.2 Å². The molecule has 1 N–H and O–H groups in total. The number of rotatable bonds is 10. The van der Waals surface area contributed by atoms with Gasteiger partial charge in [-0.2, -0.15) is 0 Å². The molecule has 1 amide bonds. The second-order valence-electron chi connectivity index (χ2n) is 4.33. The Balaban J connectivity index is 2.27. The molecule has 5 heteroatoms. The first-order chi connectivity index (χ1) is 9.76. The molecule has 0 saturated carbocycles. The fourth-order valence-corrected chi connectivity index (χ4v) is 1.83. The Morgan fingerprint density at radius 2 is 1.95 bits per heavy atom. The molecule has 0 aromatic heterocycles. The Hall–Kier alpha value is -0.820. The van der Waals surface area contributed by atoms with Crippen LogP contribution in [0.2, 0.25) is 0 Å². The number of carbonyl (C=O) groups excluding carboxylic acids is 1. The summed E-state index contributed by atoms with van der Waals surface area (Å²) in [5.41, 5.74) is 0.784. The first-order valence-corrected chi connectivity index (χ1v) is 8.45. The molecule has 4 nitrogen and oxygen atoms in total. The number of alkyl halides is 1. The molecule has 0 unspecified atom stereocenters. The van der Waals surface area contributed by atoms with Gasteiger partial charge >= 0.3 is 0 Å². The van der Waals surface area contributed by atoms with E-state index in [-0.39, 0.29) is 5.91 Å². The minimum atomic E-state index is -0.0281. The van der Waals surface area contributed by atoms with Crippen molar-refractivity contribution in [2.75, 3.05) is 29.6 Å². The van der Waals surface area contributed by atoms with Crippen LogP contribution in [0, 0.1) is 0 Å². The van der Waals surface area contributed by atoms with Crippen molar-refractivity contribution >= 4 is 34.2 Å². The zero-order valence-corrected chi connectivity index (χ0v) is 14.0. The minimum absolute atomic E-state index is 0.0281. The van der Waals surface area contributed by atoms with E-state index in [9.17, 15) is 4.79 Å². The van der Waals surface area contributed by atoms with Crippen molar-refractivity contribution < 1.29 is 14.3 Å². The molecule has 0 saturated heterocycles. The van der Waals surface area contributed by atoms with Gasteiger partial charge in [-0.25, -0.2) is 0 Å². The number of hydrogen-bond acceptors (Lipinski definition) is 3. The molecule has 0 heterocycles. The lowest BCUT2D eigenvalue weighted by atomic mass is 10.3. The normalized spacial score (nSPS) is 10.3. The van der Waals surface area contributed by atoms with Gasteiger partial charge in [-0.15, -0.1) is 0 Å². The number of amides is 1. The van der Waals surface area contributed by atoms with E-state index in [0.29, 0.717) is 19.6 Å². The summed E-state index contributed by atoms with van der Waals surface area (Å²) in [4.78, 5) is 11.6. The predicted molar refractivity (Wildman–Crippen MR) is 89.8 cm³/mol. The average molecular weight is 391 g/mol. The van der Waals surface area contributed by atoms with E-state index in [2.05, 4.69) is 27.9 Å². The summed E-state index contributed by atoms with van der Waals surface area (Å²) in [6, 6.07) is 7.45. The van der Waals surface area contributed by atoms with Gasteiger partial charge in [0.25, 0.3) is 0 Å². The van der Waals surface area contributed by atoms with Crippen molar-refractivity contribution in [1.29, 1.82) is 0 Å². The SMILES string of the molecule is CCCOCCC(=O)Nc1ccc(OCCCI)cc1. The Kier molecular flexibility index (Phi) is 9.40. The molecule has 0 aliphatic rings. The molecule has 0 aliphatic carbocycles. The van der Waals surface area contributed by atoms with E-state index >= 15 is 0 Å². The molecule has 1 aromatic rings. The van der Waals surface area contributed by atoms with E-state index in [0.717, 1.165) is 35.3 Å². The molecule has 0 aliphatic heterocycles. The molecule has 0 spiro atoms. The first kappa shape index (κ1) is 17.2. The molecule has 0 atom stereocenters. The minimum Gasteiger partial charge on any atom is -0.494 e. The van der Waals surface area contributed by atoms with Gasteiger partial charge in [0.2, 0.25) is 5.91 Å². The summed E-state index contributed by atoms with van der Waals surface area (Å²) in [5, 5.41) is 2.84. The zero-order chi connectivity index (χ0) is 14.6. The molecule has 1 rings (SSSR count). The van der Waals surface area contributed by atoms with Gasteiger partial charge in [-0.3, -0.25) is 4.79 Å². The monoisotopic (exact) mass is 391 g/mol. The summed E-state index contributed by atoms with van der Waals surface area (Å²) in [6.07, 6.45) is 2.39.